The first-order valence-corrected chi connectivity index (χ1v) is 8.31. The molecule has 7 heteroatoms. The van der Waals surface area contributed by atoms with Gasteiger partial charge in [0, 0.05) is 19.6 Å². The number of carbonyl (C=O) groups excluding carboxylic acids is 1. The predicted octanol–water partition coefficient (Wildman–Crippen LogP) is 2.21. The van der Waals surface area contributed by atoms with Crippen molar-refractivity contribution < 1.29 is 9.53 Å². The van der Waals surface area contributed by atoms with E-state index >= 15 is 0 Å². The van der Waals surface area contributed by atoms with E-state index in [9.17, 15) is 4.79 Å². The molecule has 0 bridgehead atoms. The second-order valence-corrected chi connectivity index (χ2v) is 6.46. The van der Waals surface area contributed by atoms with E-state index in [-0.39, 0.29) is 11.9 Å². The molecule has 1 amide bonds. The van der Waals surface area contributed by atoms with Gasteiger partial charge in [-0.25, -0.2) is 4.98 Å². The molecule has 0 N–H and O–H groups in total. The lowest BCUT2D eigenvalue weighted by Crippen LogP contribution is -2.49. The van der Waals surface area contributed by atoms with Crippen molar-refractivity contribution in [2.75, 3.05) is 32.8 Å². The monoisotopic (exact) mass is 343 g/mol. The highest BCUT2D eigenvalue weighted by molar-refractivity contribution is 6.32. The number of halogens is 2. The summed E-state index contributed by atoms with van der Waals surface area (Å²) in [5.74, 6) is 0.215. The highest BCUT2D eigenvalue weighted by Crippen LogP contribution is 2.24. The fourth-order valence-electron chi connectivity index (χ4n) is 3.13. The van der Waals surface area contributed by atoms with Crippen molar-refractivity contribution in [1.29, 1.82) is 0 Å². The molecule has 1 atom stereocenters. The van der Waals surface area contributed by atoms with Crippen molar-refractivity contribution in [3.05, 3.63) is 28.0 Å². The third-order valence-corrected chi connectivity index (χ3v) is 4.57. The Balaban J connectivity index is 1.68. The number of aromatic nitrogens is 1. The third kappa shape index (κ3) is 3.71. The molecule has 2 aliphatic rings. The Kier molecular flexibility index (Phi) is 5.18. The number of morpholine rings is 1. The molecule has 3 rings (SSSR count). The smallest absolute Gasteiger partial charge is 0.240 e. The predicted molar refractivity (Wildman–Crippen MR) is 85.1 cm³/mol. The lowest BCUT2D eigenvalue weighted by atomic mass is 10.1. The Labute approximate surface area is 140 Å². The highest BCUT2D eigenvalue weighted by atomic mass is 35.5. The van der Waals surface area contributed by atoms with Crippen molar-refractivity contribution in [2.24, 2.45) is 0 Å². The number of pyridine rings is 1. The van der Waals surface area contributed by atoms with E-state index in [1.807, 2.05) is 17.0 Å². The minimum Gasteiger partial charge on any atom is -0.378 e. The summed E-state index contributed by atoms with van der Waals surface area (Å²) < 4.78 is 5.32. The van der Waals surface area contributed by atoms with E-state index in [4.69, 9.17) is 27.9 Å². The number of likely N-dealkylation sites (tertiary alicyclic amines) is 1. The SMILES string of the molecule is O=C(C1CCCN1Cc1cc(Cl)nc(Cl)c1)N1CCOCC1. The summed E-state index contributed by atoms with van der Waals surface area (Å²) in [6, 6.07) is 3.56. The van der Waals surface area contributed by atoms with E-state index in [1.165, 1.54) is 0 Å². The van der Waals surface area contributed by atoms with Crippen molar-refractivity contribution in [1.82, 2.24) is 14.8 Å². The molecule has 3 heterocycles. The maximum absolute atomic E-state index is 12.7. The molecule has 0 saturated carbocycles. The van der Waals surface area contributed by atoms with Crippen LogP contribution in [0, 0.1) is 0 Å². The first-order valence-electron chi connectivity index (χ1n) is 7.56. The summed E-state index contributed by atoms with van der Waals surface area (Å²) in [4.78, 5) is 20.8. The normalized spacial score (nSPS) is 23.0. The topological polar surface area (TPSA) is 45.7 Å². The summed E-state index contributed by atoms with van der Waals surface area (Å²) >= 11 is 11.9. The van der Waals surface area contributed by atoms with Crippen molar-refractivity contribution in [2.45, 2.75) is 25.4 Å². The molecular formula is C15H19Cl2N3O2. The van der Waals surface area contributed by atoms with Crippen molar-refractivity contribution in [3.8, 4) is 0 Å². The van der Waals surface area contributed by atoms with Crippen molar-refractivity contribution in [3.63, 3.8) is 0 Å². The van der Waals surface area contributed by atoms with Crippen LogP contribution in [0.15, 0.2) is 12.1 Å². The minimum atomic E-state index is -0.0520. The lowest BCUT2D eigenvalue weighted by Gasteiger charge is -2.32. The first kappa shape index (κ1) is 16.0. The van der Waals surface area contributed by atoms with Crippen LogP contribution in [0.2, 0.25) is 10.3 Å². The van der Waals surface area contributed by atoms with Crippen LogP contribution >= 0.6 is 23.2 Å². The fourth-order valence-corrected chi connectivity index (χ4v) is 3.64. The summed E-state index contributed by atoms with van der Waals surface area (Å²) in [6.45, 7) is 4.23. The van der Waals surface area contributed by atoms with Gasteiger partial charge in [0.05, 0.1) is 19.3 Å². The van der Waals surface area contributed by atoms with Gasteiger partial charge in [0.1, 0.15) is 10.3 Å². The van der Waals surface area contributed by atoms with E-state index in [0.29, 0.717) is 43.2 Å². The lowest BCUT2D eigenvalue weighted by molar-refractivity contribution is -0.140. The Morgan fingerprint density at radius 2 is 1.91 bits per heavy atom. The Morgan fingerprint density at radius 3 is 2.59 bits per heavy atom. The van der Waals surface area contributed by atoms with Gasteiger partial charge in [0.15, 0.2) is 0 Å². The van der Waals surface area contributed by atoms with Gasteiger partial charge in [0.2, 0.25) is 5.91 Å². The number of carbonyl (C=O) groups is 1. The van der Waals surface area contributed by atoms with E-state index < -0.39 is 0 Å². The molecule has 0 radical (unpaired) electrons. The Bertz CT molecular complexity index is 529. The van der Waals surface area contributed by atoms with Crippen LogP contribution in [0.5, 0.6) is 0 Å². The molecule has 120 valence electrons. The van der Waals surface area contributed by atoms with Gasteiger partial charge in [-0.1, -0.05) is 23.2 Å². The molecule has 22 heavy (non-hydrogen) atoms. The maximum atomic E-state index is 12.7. The maximum Gasteiger partial charge on any atom is 0.240 e. The van der Waals surface area contributed by atoms with Crippen molar-refractivity contribution >= 4 is 29.1 Å². The molecule has 0 spiro atoms. The molecular weight excluding hydrogens is 325 g/mol. The second-order valence-electron chi connectivity index (χ2n) is 5.69. The number of hydrogen-bond acceptors (Lipinski definition) is 4. The van der Waals surface area contributed by atoms with Gasteiger partial charge in [-0.2, -0.15) is 0 Å². The highest BCUT2D eigenvalue weighted by Gasteiger charge is 2.34. The van der Waals surface area contributed by atoms with Gasteiger partial charge in [-0.05, 0) is 37.1 Å². The molecule has 0 aromatic carbocycles. The molecule has 1 aromatic rings. The largest absolute Gasteiger partial charge is 0.378 e. The number of nitrogens with zero attached hydrogens (tertiary/aromatic N) is 3. The van der Waals surface area contributed by atoms with Gasteiger partial charge >= 0.3 is 0 Å². The molecule has 2 saturated heterocycles. The van der Waals surface area contributed by atoms with Crippen LogP contribution in [-0.4, -0.2) is 59.6 Å². The Morgan fingerprint density at radius 1 is 1.23 bits per heavy atom. The zero-order valence-electron chi connectivity index (χ0n) is 12.3. The standard InChI is InChI=1S/C15H19Cl2N3O2/c16-13-8-11(9-14(17)18-13)10-20-3-1-2-12(20)15(21)19-4-6-22-7-5-19/h8-9,12H,1-7,10H2. The summed E-state index contributed by atoms with van der Waals surface area (Å²) in [6.07, 6.45) is 1.94. The van der Waals surface area contributed by atoms with Crippen LogP contribution in [-0.2, 0) is 16.1 Å². The van der Waals surface area contributed by atoms with E-state index in [0.717, 1.165) is 24.9 Å². The number of ether oxygens (including phenoxy) is 1. The van der Waals surface area contributed by atoms with Crippen LogP contribution in [0.4, 0.5) is 0 Å². The zero-order valence-corrected chi connectivity index (χ0v) is 13.8. The van der Waals surface area contributed by atoms with Crippen LogP contribution in [0.3, 0.4) is 0 Å². The fraction of sp³-hybridized carbons (Fsp3) is 0.600. The first-order chi connectivity index (χ1) is 10.6. The quantitative estimate of drug-likeness (QED) is 0.789. The van der Waals surface area contributed by atoms with Gasteiger partial charge in [-0.3, -0.25) is 9.69 Å². The van der Waals surface area contributed by atoms with E-state index in [2.05, 4.69) is 9.88 Å². The molecule has 1 unspecified atom stereocenters. The van der Waals surface area contributed by atoms with Crippen LogP contribution in [0.25, 0.3) is 0 Å². The summed E-state index contributed by atoms with van der Waals surface area (Å²) in [5.41, 5.74) is 0.992. The average Bonchev–Trinajstić information content (AvgIpc) is 2.94. The average molecular weight is 344 g/mol. The van der Waals surface area contributed by atoms with Gasteiger partial charge < -0.3 is 9.64 Å². The number of amides is 1. The van der Waals surface area contributed by atoms with Gasteiger partial charge in [-0.15, -0.1) is 0 Å². The van der Waals surface area contributed by atoms with Crippen LogP contribution < -0.4 is 0 Å². The molecule has 5 nitrogen and oxygen atoms in total. The minimum absolute atomic E-state index is 0.0520. The van der Waals surface area contributed by atoms with Gasteiger partial charge in [0.25, 0.3) is 0 Å². The van der Waals surface area contributed by atoms with Crippen LogP contribution in [0.1, 0.15) is 18.4 Å². The molecule has 1 aromatic heterocycles. The Hall–Kier alpha value is -0.880. The molecule has 2 aliphatic heterocycles. The number of hydrogen-bond donors (Lipinski definition) is 0. The van der Waals surface area contributed by atoms with E-state index in [1.54, 1.807) is 0 Å². The zero-order chi connectivity index (χ0) is 15.5. The number of rotatable bonds is 3. The third-order valence-electron chi connectivity index (χ3n) is 4.18. The molecule has 0 aliphatic carbocycles. The molecule has 2 fully saturated rings. The summed E-state index contributed by atoms with van der Waals surface area (Å²) in [7, 11) is 0. The summed E-state index contributed by atoms with van der Waals surface area (Å²) in [5, 5.41) is 0.774. The second kappa shape index (κ2) is 7.13.